The van der Waals surface area contributed by atoms with Gasteiger partial charge < -0.3 is 9.47 Å². The van der Waals surface area contributed by atoms with E-state index < -0.39 is 11.9 Å². The largest absolute Gasteiger partial charge is 0.456 e. The van der Waals surface area contributed by atoms with Crippen LogP contribution in [0, 0.1) is 10.6 Å². The summed E-state index contributed by atoms with van der Waals surface area (Å²) in [7, 11) is 0. The molecule has 0 bridgehead atoms. The molecule has 7 heteroatoms. The standard InChI is InChI=1S/C21H17IN2O4/c1-14-19(22)24-18(21(26)28-13-16-10-6-3-7-11-16)17(23-14)20(25)27-12-15-8-4-2-5-9-15/h2-11H,12-13H2,1H3. The van der Waals surface area contributed by atoms with Gasteiger partial charge in [-0.3, -0.25) is 0 Å². The summed E-state index contributed by atoms with van der Waals surface area (Å²) in [6, 6.07) is 18.5. The summed E-state index contributed by atoms with van der Waals surface area (Å²) >= 11 is 1.96. The second kappa shape index (κ2) is 9.41. The molecule has 0 saturated heterocycles. The lowest BCUT2D eigenvalue weighted by molar-refractivity contribution is 0.0413. The Morgan fingerprint density at radius 1 is 0.786 bits per heavy atom. The summed E-state index contributed by atoms with van der Waals surface area (Å²) in [4.78, 5) is 33.5. The number of hydrogen-bond donors (Lipinski definition) is 0. The first-order chi connectivity index (χ1) is 13.5. The number of benzene rings is 2. The number of hydrogen-bond acceptors (Lipinski definition) is 6. The Bertz CT molecular complexity index is 898. The molecule has 28 heavy (non-hydrogen) atoms. The number of esters is 2. The number of rotatable bonds is 6. The lowest BCUT2D eigenvalue weighted by atomic mass is 10.2. The molecule has 1 heterocycles. The molecule has 3 rings (SSSR count). The molecule has 0 fully saturated rings. The van der Waals surface area contributed by atoms with Crippen LogP contribution in [0.15, 0.2) is 60.7 Å². The van der Waals surface area contributed by atoms with Crippen LogP contribution in [-0.2, 0) is 22.7 Å². The van der Waals surface area contributed by atoms with Crippen molar-refractivity contribution >= 4 is 34.5 Å². The van der Waals surface area contributed by atoms with Gasteiger partial charge in [0.05, 0.1) is 5.69 Å². The molecule has 142 valence electrons. The summed E-state index contributed by atoms with van der Waals surface area (Å²) in [6.45, 7) is 1.86. The topological polar surface area (TPSA) is 78.4 Å². The maximum atomic E-state index is 12.5. The highest BCUT2D eigenvalue weighted by atomic mass is 127. The summed E-state index contributed by atoms with van der Waals surface area (Å²) in [5.74, 6) is -1.44. The van der Waals surface area contributed by atoms with Gasteiger partial charge in [0.1, 0.15) is 16.9 Å². The molecule has 0 aliphatic carbocycles. The van der Waals surface area contributed by atoms with Crippen LogP contribution in [0.25, 0.3) is 0 Å². The third-order valence-corrected chi connectivity index (χ3v) is 4.85. The Balaban J connectivity index is 1.77. The predicted molar refractivity (Wildman–Crippen MR) is 111 cm³/mol. The van der Waals surface area contributed by atoms with Crippen LogP contribution in [0.3, 0.4) is 0 Å². The third kappa shape index (κ3) is 5.13. The summed E-state index contributed by atoms with van der Waals surface area (Å²) < 4.78 is 11.1. The summed E-state index contributed by atoms with van der Waals surface area (Å²) in [6.07, 6.45) is 0. The van der Waals surface area contributed by atoms with Gasteiger partial charge in [-0.25, -0.2) is 19.6 Å². The van der Waals surface area contributed by atoms with Crippen molar-refractivity contribution in [1.82, 2.24) is 9.97 Å². The molecule has 2 aromatic carbocycles. The zero-order valence-electron chi connectivity index (χ0n) is 15.1. The maximum absolute atomic E-state index is 12.5. The average molecular weight is 488 g/mol. The molecule has 0 radical (unpaired) electrons. The van der Waals surface area contributed by atoms with Crippen LogP contribution in [0.4, 0.5) is 0 Å². The van der Waals surface area contributed by atoms with Crippen LogP contribution in [0.1, 0.15) is 37.8 Å². The van der Waals surface area contributed by atoms with E-state index in [4.69, 9.17) is 9.47 Å². The first kappa shape index (κ1) is 19.9. The van der Waals surface area contributed by atoms with Crippen molar-refractivity contribution in [3.8, 4) is 0 Å². The quantitative estimate of drug-likeness (QED) is 0.384. The van der Waals surface area contributed by atoms with E-state index in [1.54, 1.807) is 6.92 Å². The van der Waals surface area contributed by atoms with Crippen LogP contribution in [-0.4, -0.2) is 21.9 Å². The molecule has 0 N–H and O–H groups in total. The van der Waals surface area contributed by atoms with E-state index in [0.717, 1.165) is 11.1 Å². The number of aromatic nitrogens is 2. The monoisotopic (exact) mass is 488 g/mol. The van der Waals surface area contributed by atoms with Crippen LogP contribution >= 0.6 is 22.6 Å². The smallest absolute Gasteiger partial charge is 0.359 e. The van der Waals surface area contributed by atoms with Gasteiger partial charge in [-0.1, -0.05) is 60.7 Å². The molecule has 0 aliphatic heterocycles. The van der Waals surface area contributed by atoms with Gasteiger partial charge in [-0.2, -0.15) is 0 Å². The molecule has 1 aromatic heterocycles. The number of aryl methyl sites for hydroxylation is 1. The molecule has 3 aromatic rings. The summed E-state index contributed by atoms with van der Waals surface area (Å²) in [5, 5.41) is 0. The van der Waals surface area contributed by atoms with Crippen molar-refractivity contribution in [1.29, 1.82) is 0 Å². The van der Waals surface area contributed by atoms with Gasteiger partial charge in [0.25, 0.3) is 0 Å². The Morgan fingerprint density at radius 2 is 1.21 bits per heavy atom. The molecule has 6 nitrogen and oxygen atoms in total. The lowest BCUT2D eigenvalue weighted by Crippen LogP contribution is -2.19. The minimum absolute atomic E-state index is 0.0737. The van der Waals surface area contributed by atoms with Crippen molar-refractivity contribution in [3.63, 3.8) is 0 Å². The highest BCUT2D eigenvalue weighted by molar-refractivity contribution is 14.1. The molecular formula is C21H17IN2O4. The van der Waals surface area contributed by atoms with Gasteiger partial charge >= 0.3 is 11.9 Å². The fourth-order valence-corrected chi connectivity index (χ4v) is 2.73. The molecule has 0 saturated carbocycles. The normalized spacial score (nSPS) is 10.4. The fraction of sp³-hybridized carbons (Fsp3) is 0.143. The van der Waals surface area contributed by atoms with Crippen LogP contribution in [0.2, 0.25) is 0 Å². The van der Waals surface area contributed by atoms with E-state index in [1.807, 2.05) is 83.3 Å². The van der Waals surface area contributed by atoms with E-state index in [-0.39, 0.29) is 24.6 Å². The average Bonchev–Trinajstić information content (AvgIpc) is 2.73. The highest BCUT2D eigenvalue weighted by Gasteiger charge is 2.25. The Labute approximate surface area is 176 Å². The zero-order valence-corrected chi connectivity index (χ0v) is 17.3. The molecular weight excluding hydrogens is 471 g/mol. The molecule has 0 amide bonds. The van der Waals surface area contributed by atoms with Crippen molar-refractivity contribution < 1.29 is 19.1 Å². The van der Waals surface area contributed by atoms with Gasteiger partial charge in [-0.15, -0.1) is 0 Å². The van der Waals surface area contributed by atoms with E-state index in [9.17, 15) is 9.59 Å². The predicted octanol–water partition coefficient (Wildman–Crippen LogP) is 4.10. The van der Waals surface area contributed by atoms with E-state index in [2.05, 4.69) is 9.97 Å². The van der Waals surface area contributed by atoms with E-state index in [0.29, 0.717) is 9.39 Å². The first-order valence-electron chi connectivity index (χ1n) is 8.51. The van der Waals surface area contributed by atoms with Crippen molar-refractivity contribution in [3.05, 3.63) is 92.6 Å². The maximum Gasteiger partial charge on any atom is 0.359 e. The van der Waals surface area contributed by atoms with Crippen LogP contribution < -0.4 is 0 Å². The van der Waals surface area contributed by atoms with E-state index in [1.165, 1.54) is 0 Å². The number of halogens is 1. The second-order valence-electron chi connectivity index (χ2n) is 5.92. The van der Waals surface area contributed by atoms with Crippen molar-refractivity contribution in [2.75, 3.05) is 0 Å². The lowest BCUT2D eigenvalue weighted by Gasteiger charge is -2.10. The van der Waals surface area contributed by atoms with Gasteiger partial charge in [0, 0.05) is 0 Å². The van der Waals surface area contributed by atoms with Gasteiger partial charge in [0.2, 0.25) is 0 Å². The molecule has 0 aliphatic rings. The first-order valence-corrected chi connectivity index (χ1v) is 9.58. The number of carbonyl (C=O) groups is 2. The van der Waals surface area contributed by atoms with E-state index >= 15 is 0 Å². The number of carbonyl (C=O) groups excluding carboxylic acids is 2. The van der Waals surface area contributed by atoms with Gasteiger partial charge in [-0.05, 0) is 40.6 Å². The fourth-order valence-electron chi connectivity index (χ4n) is 2.37. The second-order valence-corrected chi connectivity index (χ2v) is 6.94. The Morgan fingerprint density at radius 3 is 1.68 bits per heavy atom. The van der Waals surface area contributed by atoms with Gasteiger partial charge in [0.15, 0.2) is 11.4 Å². The van der Waals surface area contributed by atoms with Crippen LogP contribution in [0.5, 0.6) is 0 Å². The SMILES string of the molecule is Cc1nc(C(=O)OCc2ccccc2)c(C(=O)OCc2ccccc2)nc1I. The molecule has 0 unspecified atom stereocenters. The number of nitrogens with zero attached hydrogens (tertiary/aromatic N) is 2. The van der Waals surface area contributed by atoms with Crippen molar-refractivity contribution in [2.45, 2.75) is 20.1 Å². The Kier molecular flexibility index (Phi) is 6.70. The van der Waals surface area contributed by atoms with Crippen molar-refractivity contribution in [2.24, 2.45) is 0 Å². The minimum Gasteiger partial charge on any atom is -0.456 e. The number of ether oxygens (including phenoxy) is 2. The summed E-state index contributed by atoms with van der Waals surface area (Å²) in [5.41, 5.74) is 1.90. The minimum atomic E-state index is -0.721. The zero-order chi connectivity index (χ0) is 19.9. The Hall–Kier alpha value is -2.81. The third-order valence-electron chi connectivity index (χ3n) is 3.82. The molecule has 0 spiro atoms. The molecule has 0 atom stereocenters. The highest BCUT2D eigenvalue weighted by Crippen LogP contribution is 2.15.